The number of carbonyl (C=O) groups is 3. The van der Waals surface area contributed by atoms with Crippen LogP contribution in [0.25, 0.3) is 0 Å². The first kappa shape index (κ1) is 17.3. The summed E-state index contributed by atoms with van der Waals surface area (Å²) in [7, 11) is 0. The molecule has 1 aliphatic carbocycles. The maximum atomic E-state index is 12.7. The molecular weight excluding hydrogens is 348 g/mol. The first-order chi connectivity index (χ1) is 13.1. The summed E-state index contributed by atoms with van der Waals surface area (Å²) in [5.74, 6) is -0.364. The molecule has 1 saturated carbocycles. The van der Waals surface area contributed by atoms with E-state index >= 15 is 0 Å². The molecule has 3 amide bonds. The van der Waals surface area contributed by atoms with Crippen LogP contribution in [-0.2, 0) is 0 Å². The van der Waals surface area contributed by atoms with Gasteiger partial charge >= 0.3 is 0 Å². The van der Waals surface area contributed by atoms with Crippen LogP contribution in [0.5, 0.6) is 0 Å². The van der Waals surface area contributed by atoms with Crippen LogP contribution in [0.15, 0.2) is 41.0 Å². The highest BCUT2D eigenvalue weighted by Gasteiger charge is 2.28. The standard InChI is InChI=1S/C19H20N4O4/c24-17(20-13-6-7-13)14-3-1-4-15(21-14)18(25)22-8-10-23(11-9-22)19(26)16-5-2-12-27-16/h1-5,12-13H,6-11H2,(H,20,24). The van der Waals surface area contributed by atoms with Crippen LogP contribution in [0, 0.1) is 0 Å². The van der Waals surface area contributed by atoms with Crippen LogP contribution >= 0.6 is 0 Å². The molecule has 3 heterocycles. The lowest BCUT2D eigenvalue weighted by Gasteiger charge is -2.34. The van der Waals surface area contributed by atoms with Crippen LogP contribution in [0.2, 0.25) is 0 Å². The SMILES string of the molecule is O=C(NC1CC1)c1cccc(C(=O)N2CCN(C(=O)c3ccco3)CC2)n1. The lowest BCUT2D eigenvalue weighted by Crippen LogP contribution is -2.50. The van der Waals surface area contributed by atoms with Gasteiger partial charge in [-0.15, -0.1) is 0 Å². The third-order valence-corrected chi connectivity index (χ3v) is 4.70. The van der Waals surface area contributed by atoms with Crippen molar-refractivity contribution in [2.45, 2.75) is 18.9 Å². The van der Waals surface area contributed by atoms with Crippen molar-refractivity contribution in [1.82, 2.24) is 20.1 Å². The summed E-state index contributed by atoms with van der Waals surface area (Å²) in [5, 5.41) is 2.87. The van der Waals surface area contributed by atoms with E-state index in [1.807, 2.05) is 0 Å². The van der Waals surface area contributed by atoms with Crippen LogP contribution in [-0.4, -0.2) is 64.7 Å². The van der Waals surface area contributed by atoms with Gasteiger partial charge in [0.15, 0.2) is 5.76 Å². The molecule has 2 fully saturated rings. The second kappa shape index (κ2) is 7.22. The molecule has 2 aliphatic rings. The summed E-state index contributed by atoms with van der Waals surface area (Å²) in [5.41, 5.74) is 0.489. The largest absolute Gasteiger partial charge is 0.459 e. The van der Waals surface area contributed by atoms with E-state index in [9.17, 15) is 14.4 Å². The summed E-state index contributed by atoms with van der Waals surface area (Å²) >= 11 is 0. The van der Waals surface area contributed by atoms with E-state index in [2.05, 4.69) is 10.3 Å². The number of pyridine rings is 1. The number of rotatable bonds is 4. The number of piperazine rings is 1. The van der Waals surface area contributed by atoms with Crippen LogP contribution < -0.4 is 5.32 Å². The lowest BCUT2D eigenvalue weighted by atomic mass is 10.2. The fourth-order valence-electron chi connectivity index (χ4n) is 3.00. The van der Waals surface area contributed by atoms with Crippen molar-refractivity contribution in [2.75, 3.05) is 26.2 Å². The summed E-state index contributed by atoms with van der Waals surface area (Å²) in [6, 6.07) is 8.41. The van der Waals surface area contributed by atoms with Crippen LogP contribution in [0.4, 0.5) is 0 Å². The predicted molar refractivity (Wildman–Crippen MR) is 95.2 cm³/mol. The first-order valence-corrected chi connectivity index (χ1v) is 9.02. The Morgan fingerprint density at radius 2 is 1.59 bits per heavy atom. The molecule has 2 aromatic rings. The van der Waals surface area contributed by atoms with Crippen molar-refractivity contribution < 1.29 is 18.8 Å². The Kier molecular flexibility index (Phi) is 4.62. The molecule has 1 aliphatic heterocycles. The van der Waals surface area contributed by atoms with Gasteiger partial charge in [0, 0.05) is 32.2 Å². The van der Waals surface area contributed by atoms with Crippen LogP contribution in [0.1, 0.15) is 44.4 Å². The molecule has 0 spiro atoms. The molecule has 8 nitrogen and oxygen atoms in total. The highest BCUT2D eigenvalue weighted by atomic mass is 16.3. The zero-order valence-electron chi connectivity index (χ0n) is 14.8. The maximum absolute atomic E-state index is 12.7. The second-order valence-corrected chi connectivity index (χ2v) is 6.72. The highest BCUT2D eigenvalue weighted by Crippen LogP contribution is 2.19. The molecule has 0 atom stereocenters. The van der Waals surface area contributed by atoms with Gasteiger partial charge < -0.3 is 19.5 Å². The second-order valence-electron chi connectivity index (χ2n) is 6.72. The number of furan rings is 1. The first-order valence-electron chi connectivity index (χ1n) is 9.02. The number of nitrogens with one attached hydrogen (secondary N) is 1. The van der Waals surface area contributed by atoms with E-state index in [-0.39, 0.29) is 35.2 Å². The predicted octanol–water partition coefficient (Wildman–Crippen LogP) is 1.17. The fourth-order valence-corrected chi connectivity index (χ4v) is 3.00. The minimum Gasteiger partial charge on any atom is -0.459 e. The summed E-state index contributed by atoms with van der Waals surface area (Å²) < 4.78 is 5.14. The van der Waals surface area contributed by atoms with Gasteiger partial charge in [0.25, 0.3) is 17.7 Å². The van der Waals surface area contributed by atoms with E-state index in [0.29, 0.717) is 31.9 Å². The van der Waals surface area contributed by atoms with Crippen molar-refractivity contribution in [3.63, 3.8) is 0 Å². The molecule has 8 heteroatoms. The van der Waals surface area contributed by atoms with Crippen molar-refractivity contribution in [3.8, 4) is 0 Å². The van der Waals surface area contributed by atoms with E-state index in [4.69, 9.17) is 4.42 Å². The maximum Gasteiger partial charge on any atom is 0.289 e. The zero-order chi connectivity index (χ0) is 18.8. The minimum atomic E-state index is -0.249. The number of hydrogen-bond donors (Lipinski definition) is 1. The third-order valence-electron chi connectivity index (χ3n) is 4.70. The van der Waals surface area contributed by atoms with Gasteiger partial charge in [0.05, 0.1) is 6.26 Å². The number of aromatic nitrogens is 1. The zero-order valence-corrected chi connectivity index (χ0v) is 14.8. The monoisotopic (exact) mass is 368 g/mol. The van der Waals surface area contributed by atoms with Gasteiger partial charge in [-0.3, -0.25) is 14.4 Å². The van der Waals surface area contributed by atoms with Gasteiger partial charge in [-0.2, -0.15) is 0 Å². The van der Waals surface area contributed by atoms with Gasteiger partial charge in [-0.1, -0.05) is 6.07 Å². The normalized spacial score (nSPS) is 16.9. The molecule has 4 rings (SSSR count). The Labute approximate surface area is 156 Å². The van der Waals surface area contributed by atoms with E-state index < -0.39 is 0 Å². The Morgan fingerprint density at radius 3 is 2.22 bits per heavy atom. The fraction of sp³-hybridized carbons (Fsp3) is 0.368. The molecular formula is C19H20N4O4. The Hall–Kier alpha value is -3.16. The molecule has 0 bridgehead atoms. The van der Waals surface area contributed by atoms with Crippen molar-refractivity contribution in [2.24, 2.45) is 0 Å². The Morgan fingerprint density at radius 1 is 0.926 bits per heavy atom. The molecule has 1 N–H and O–H groups in total. The molecule has 140 valence electrons. The molecule has 2 aromatic heterocycles. The van der Waals surface area contributed by atoms with E-state index in [0.717, 1.165) is 12.8 Å². The van der Waals surface area contributed by atoms with Gasteiger partial charge in [0.2, 0.25) is 0 Å². The smallest absolute Gasteiger partial charge is 0.289 e. The average molecular weight is 368 g/mol. The third kappa shape index (κ3) is 3.84. The molecule has 1 saturated heterocycles. The quantitative estimate of drug-likeness (QED) is 0.874. The molecule has 0 unspecified atom stereocenters. The minimum absolute atomic E-state index is 0.177. The van der Waals surface area contributed by atoms with Crippen molar-refractivity contribution >= 4 is 17.7 Å². The van der Waals surface area contributed by atoms with Crippen molar-refractivity contribution in [1.29, 1.82) is 0 Å². The summed E-state index contributed by atoms with van der Waals surface area (Å²) in [6.45, 7) is 1.66. The summed E-state index contributed by atoms with van der Waals surface area (Å²) in [6.07, 6.45) is 3.45. The van der Waals surface area contributed by atoms with E-state index in [1.165, 1.54) is 6.26 Å². The van der Waals surface area contributed by atoms with Gasteiger partial charge in [-0.05, 0) is 37.1 Å². The number of carbonyl (C=O) groups excluding carboxylic acids is 3. The van der Waals surface area contributed by atoms with Gasteiger partial charge in [-0.25, -0.2) is 4.98 Å². The number of nitrogens with zero attached hydrogens (tertiary/aromatic N) is 3. The topological polar surface area (TPSA) is 95.8 Å². The Bertz CT molecular complexity index is 852. The summed E-state index contributed by atoms with van der Waals surface area (Å²) in [4.78, 5) is 44.7. The van der Waals surface area contributed by atoms with E-state index in [1.54, 1.807) is 40.1 Å². The molecule has 0 radical (unpaired) electrons. The highest BCUT2D eigenvalue weighted by molar-refractivity contribution is 5.96. The molecule has 0 aromatic carbocycles. The molecule has 27 heavy (non-hydrogen) atoms. The van der Waals surface area contributed by atoms with Gasteiger partial charge in [0.1, 0.15) is 11.4 Å². The van der Waals surface area contributed by atoms with Crippen molar-refractivity contribution in [3.05, 3.63) is 53.7 Å². The lowest BCUT2D eigenvalue weighted by molar-refractivity contribution is 0.0515. The number of hydrogen-bond acceptors (Lipinski definition) is 5. The number of amides is 3. The Balaban J connectivity index is 1.37. The van der Waals surface area contributed by atoms with Crippen LogP contribution in [0.3, 0.4) is 0 Å². The average Bonchev–Trinajstić information content (AvgIpc) is 3.35.